The van der Waals surface area contributed by atoms with E-state index in [0.29, 0.717) is 23.5 Å². The number of benzene rings is 1. The van der Waals surface area contributed by atoms with E-state index in [1.807, 2.05) is 6.07 Å². The van der Waals surface area contributed by atoms with Crippen molar-refractivity contribution in [3.8, 4) is 5.75 Å². The molecule has 4 aliphatic rings. The van der Waals surface area contributed by atoms with Crippen LogP contribution >= 0.6 is 0 Å². The Morgan fingerprint density at radius 3 is 2.65 bits per heavy atom. The van der Waals surface area contributed by atoms with Gasteiger partial charge in [0.2, 0.25) is 0 Å². The summed E-state index contributed by atoms with van der Waals surface area (Å²) >= 11 is 0. The zero-order valence-electron chi connectivity index (χ0n) is 17.9. The zero-order valence-corrected chi connectivity index (χ0v) is 17.9. The number of hydrogen-bond acceptors (Lipinski definition) is 7. The average molecular weight is 435 g/mol. The first-order valence-corrected chi connectivity index (χ1v) is 11.6. The summed E-state index contributed by atoms with van der Waals surface area (Å²) in [6.45, 7) is 1.83. The summed E-state index contributed by atoms with van der Waals surface area (Å²) in [5.41, 5.74) is 2.61. The normalized spacial score (nSPS) is 46.8. The molecule has 31 heavy (non-hydrogen) atoms. The fraction of sp³-hybridized carbons (Fsp3) is 0.750. The summed E-state index contributed by atoms with van der Waals surface area (Å²) in [7, 11) is 0. The second kappa shape index (κ2) is 7.97. The van der Waals surface area contributed by atoms with E-state index in [0.717, 1.165) is 38.5 Å². The van der Waals surface area contributed by atoms with Crippen molar-refractivity contribution in [2.45, 2.75) is 88.2 Å². The quantitative estimate of drug-likeness (QED) is 0.488. The largest absolute Gasteiger partial charge is 0.508 e. The van der Waals surface area contributed by atoms with E-state index < -0.39 is 37.3 Å². The van der Waals surface area contributed by atoms with Crippen molar-refractivity contribution in [3.63, 3.8) is 0 Å². The molecule has 0 spiro atoms. The van der Waals surface area contributed by atoms with E-state index in [1.54, 1.807) is 6.07 Å². The maximum absolute atomic E-state index is 10.4. The Hall–Kier alpha value is -1.22. The molecule has 0 amide bonds. The molecule has 1 aromatic carbocycles. The third-order valence-corrected chi connectivity index (χ3v) is 8.77. The number of phenolic OH excluding ortho intramolecular Hbond substituents is 1. The third-order valence-electron chi connectivity index (χ3n) is 8.77. The standard InChI is InChI=1S/C24H34O7/c1-24-9-8-15-14-5-3-13(26)10-12(14)2-4-16(15)17(24)6-7-19(24)31-23-22(29)21(28)20(27)18(11-25)30-23/h3,5,10,15-23,25-29H,2,4,6-9,11H2,1H3/t15-,16-,17+,18?,19+,20?,21?,22?,23?,24+/m1/s1. The molecule has 1 aromatic rings. The topological polar surface area (TPSA) is 120 Å². The van der Waals surface area contributed by atoms with Gasteiger partial charge in [0, 0.05) is 0 Å². The number of phenols is 1. The summed E-state index contributed by atoms with van der Waals surface area (Å²) in [5.74, 6) is 1.92. The van der Waals surface area contributed by atoms with Crippen molar-refractivity contribution in [3.05, 3.63) is 29.3 Å². The van der Waals surface area contributed by atoms with Gasteiger partial charge in [-0.25, -0.2) is 0 Å². The summed E-state index contributed by atoms with van der Waals surface area (Å²) in [5, 5.41) is 49.9. The number of aromatic hydroxyl groups is 1. The van der Waals surface area contributed by atoms with Gasteiger partial charge in [0.1, 0.15) is 30.2 Å². The molecule has 5 rings (SSSR count). The van der Waals surface area contributed by atoms with Crippen LogP contribution in [0.15, 0.2) is 18.2 Å². The first-order chi connectivity index (χ1) is 14.8. The van der Waals surface area contributed by atoms with E-state index in [-0.39, 0.29) is 11.5 Å². The highest BCUT2D eigenvalue weighted by Crippen LogP contribution is 2.61. The molecule has 172 valence electrons. The molecule has 0 bridgehead atoms. The number of ether oxygens (including phenoxy) is 2. The Bertz CT molecular complexity index is 813. The molecule has 1 aliphatic heterocycles. The van der Waals surface area contributed by atoms with Gasteiger partial charge >= 0.3 is 0 Å². The maximum atomic E-state index is 10.4. The van der Waals surface area contributed by atoms with Gasteiger partial charge in [-0.15, -0.1) is 0 Å². The molecule has 3 fully saturated rings. The number of aliphatic hydroxyl groups excluding tert-OH is 4. The summed E-state index contributed by atoms with van der Waals surface area (Å²) in [4.78, 5) is 0. The smallest absolute Gasteiger partial charge is 0.186 e. The van der Waals surface area contributed by atoms with Crippen molar-refractivity contribution in [1.29, 1.82) is 0 Å². The lowest BCUT2D eigenvalue weighted by Crippen LogP contribution is -2.60. The fourth-order valence-electron chi connectivity index (χ4n) is 7.09. The molecule has 10 atom stereocenters. The van der Waals surface area contributed by atoms with Crippen LogP contribution in [0.25, 0.3) is 0 Å². The molecular weight excluding hydrogens is 400 g/mol. The minimum atomic E-state index is -1.41. The predicted molar refractivity (Wildman–Crippen MR) is 111 cm³/mol. The van der Waals surface area contributed by atoms with Crippen LogP contribution in [0.3, 0.4) is 0 Å². The van der Waals surface area contributed by atoms with Crippen LogP contribution in [0.4, 0.5) is 0 Å². The zero-order chi connectivity index (χ0) is 21.9. The highest BCUT2D eigenvalue weighted by Gasteiger charge is 2.57. The van der Waals surface area contributed by atoms with Crippen LogP contribution in [-0.2, 0) is 15.9 Å². The Balaban J connectivity index is 1.33. The molecule has 3 aliphatic carbocycles. The predicted octanol–water partition coefficient (Wildman–Crippen LogP) is 1.43. The Morgan fingerprint density at radius 2 is 1.87 bits per heavy atom. The first kappa shape index (κ1) is 21.6. The molecule has 2 saturated carbocycles. The SMILES string of the molecule is C[C@]12CC[C@@H]3c4ccc(O)cc4CC[C@H]3[C@@H]1CC[C@@H]2OC1OC(CO)C(O)C(O)C1O. The summed E-state index contributed by atoms with van der Waals surface area (Å²) in [6.07, 6.45) is -0.206. The lowest BCUT2D eigenvalue weighted by molar-refractivity contribution is -0.319. The van der Waals surface area contributed by atoms with Crippen LogP contribution in [0.1, 0.15) is 56.1 Å². The molecule has 0 radical (unpaired) electrons. The van der Waals surface area contributed by atoms with E-state index in [9.17, 15) is 25.5 Å². The van der Waals surface area contributed by atoms with Gasteiger partial charge in [-0.3, -0.25) is 0 Å². The second-order valence-electron chi connectivity index (χ2n) is 10.2. The molecule has 7 nitrogen and oxygen atoms in total. The van der Waals surface area contributed by atoms with Gasteiger partial charge in [0.25, 0.3) is 0 Å². The van der Waals surface area contributed by atoms with Crippen LogP contribution < -0.4 is 0 Å². The fourth-order valence-corrected chi connectivity index (χ4v) is 7.09. The van der Waals surface area contributed by atoms with Crippen molar-refractivity contribution in [2.24, 2.45) is 17.3 Å². The number of fused-ring (bicyclic) bond motifs is 5. The van der Waals surface area contributed by atoms with E-state index in [1.165, 1.54) is 11.1 Å². The number of hydrogen-bond donors (Lipinski definition) is 5. The van der Waals surface area contributed by atoms with Crippen LogP contribution in [-0.4, -0.2) is 68.9 Å². The van der Waals surface area contributed by atoms with E-state index in [2.05, 4.69) is 13.0 Å². The van der Waals surface area contributed by atoms with Crippen molar-refractivity contribution < 1.29 is 35.0 Å². The molecule has 5 unspecified atom stereocenters. The Labute approximate surface area is 182 Å². The van der Waals surface area contributed by atoms with Gasteiger partial charge in [-0.05, 0) is 85.0 Å². The van der Waals surface area contributed by atoms with Crippen molar-refractivity contribution in [1.82, 2.24) is 0 Å². The van der Waals surface area contributed by atoms with E-state index >= 15 is 0 Å². The number of aliphatic hydroxyl groups is 4. The highest BCUT2D eigenvalue weighted by molar-refractivity contribution is 5.40. The molecule has 5 N–H and O–H groups in total. The average Bonchev–Trinajstić information content (AvgIpc) is 3.09. The minimum absolute atomic E-state index is 0.0472. The van der Waals surface area contributed by atoms with Crippen molar-refractivity contribution >= 4 is 0 Å². The van der Waals surface area contributed by atoms with Gasteiger partial charge in [0.05, 0.1) is 12.7 Å². The Kier molecular flexibility index (Phi) is 5.56. The van der Waals surface area contributed by atoms with Crippen LogP contribution in [0.5, 0.6) is 5.75 Å². The van der Waals surface area contributed by atoms with Gasteiger partial charge in [-0.2, -0.15) is 0 Å². The number of rotatable bonds is 3. The number of aryl methyl sites for hydroxylation is 1. The van der Waals surface area contributed by atoms with Gasteiger partial charge < -0.3 is 35.0 Å². The lowest BCUT2D eigenvalue weighted by Gasteiger charge is -2.51. The van der Waals surface area contributed by atoms with Gasteiger partial charge in [0.15, 0.2) is 6.29 Å². The summed E-state index contributed by atoms with van der Waals surface area (Å²) in [6, 6.07) is 5.81. The summed E-state index contributed by atoms with van der Waals surface area (Å²) < 4.78 is 11.9. The third kappa shape index (κ3) is 3.41. The van der Waals surface area contributed by atoms with Gasteiger partial charge in [-0.1, -0.05) is 13.0 Å². The molecule has 1 saturated heterocycles. The monoisotopic (exact) mass is 434 g/mol. The van der Waals surface area contributed by atoms with Crippen molar-refractivity contribution in [2.75, 3.05) is 6.61 Å². The minimum Gasteiger partial charge on any atom is -0.508 e. The molecular formula is C24H34O7. The molecule has 7 heteroatoms. The highest BCUT2D eigenvalue weighted by atomic mass is 16.7. The molecule has 1 heterocycles. The Morgan fingerprint density at radius 1 is 1.06 bits per heavy atom. The maximum Gasteiger partial charge on any atom is 0.186 e. The van der Waals surface area contributed by atoms with E-state index in [4.69, 9.17) is 9.47 Å². The first-order valence-electron chi connectivity index (χ1n) is 11.6. The lowest BCUT2D eigenvalue weighted by atomic mass is 9.55. The molecule has 0 aromatic heterocycles. The second-order valence-corrected chi connectivity index (χ2v) is 10.2. The van der Waals surface area contributed by atoms with Crippen LogP contribution in [0, 0.1) is 17.3 Å². The van der Waals surface area contributed by atoms with Crippen LogP contribution in [0.2, 0.25) is 0 Å².